The van der Waals surface area contributed by atoms with Gasteiger partial charge in [-0.15, -0.1) is 10.2 Å². The van der Waals surface area contributed by atoms with Gasteiger partial charge in [0, 0.05) is 18.3 Å². The number of aromatic nitrogens is 3. The minimum absolute atomic E-state index is 0.168. The Morgan fingerprint density at radius 1 is 1.07 bits per heavy atom. The molecular formula is C21H23N5O2S. The van der Waals surface area contributed by atoms with Gasteiger partial charge in [-0.05, 0) is 37.1 Å². The van der Waals surface area contributed by atoms with Gasteiger partial charge < -0.3 is 15.2 Å². The zero-order valence-electron chi connectivity index (χ0n) is 16.6. The second-order valence-electron chi connectivity index (χ2n) is 6.55. The lowest BCUT2D eigenvalue weighted by Crippen LogP contribution is -2.19. The lowest BCUT2D eigenvalue weighted by atomic mass is 10.1. The Balaban J connectivity index is 1.65. The van der Waals surface area contributed by atoms with E-state index in [1.807, 2.05) is 54.8 Å². The number of hydrogen-bond donors (Lipinski definition) is 2. The zero-order chi connectivity index (χ0) is 20.8. The minimum Gasteiger partial charge on any atom is -0.355 e. The average molecular weight is 410 g/mol. The number of amides is 2. The number of hydrogen-bond acceptors (Lipinski definition) is 5. The molecule has 2 aromatic carbocycles. The van der Waals surface area contributed by atoms with Gasteiger partial charge >= 0.3 is 0 Å². The fourth-order valence-corrected chi connectivity index (χ4v) is 3.56. The van der Waals surface area contributed by atoms with Crippen LogP contribution in [0.4, 0.5) is 5.69 Å². The summed E-state index contributed by atoms with van der Waals surface area (Å²) in [5, 5.41) is 14.5. The van der Waals surface area contributed by atoms with E-state index in [4.69, 9.17) is 0 Å². The summed E-state index contributed by atoms with van der Waals surface area (Å²) in [4.78, 5) is 24.3. The van der Waals surface area contributed by atoms with Crippen molar-refractivity contribution in [3.8, 4) is 0 Å². The van der Waals surface area contributed by atoms with Crippen molar-refractivity contribution in [1.29, 1.82) is 0 Å². The van der Waals surface area contributed by atoms with Gasteiger partial charge in [0.25, 0.3) is 5.91 Å². The second kappa shape index (κ2) is 9.38. The van der Waals surface area contributed by atoms with Crippen LogP contribution in [-0.2, 0) is 11.3 Å². The number of anilines is 1. The Morgan fingerprint density at radius 2 is 1.83 bits per heavy atom. The fraction of sp³-hybridized carbons (Fsp3) is 0.238. The van der Waals surface area contributed by atoms with Crippen molar-refractivity contribution in [2.45, 2.75) is 25.5 Å². The molecule has 0 atom stereocenters. The first-order chi connectivity index (χ1) is 14.0. The van der Waals surface area contributed by atoms with E-state index >= 15 is 0 Å². The van der Waals surface area contributed by atoms with Crippen LogP contribution in [-0.4, -0.2) is 39.4 Å². The molecule has 3 rings (SSSR count). The molecule has 0 spiro atoms. The molecule has 2 N–H and O–H groups in total. The van der Waals surface area contributed by atoms with E-state index in [-0.39, 0.29) is 17.6 Å². The van der Waals surface area contributed by atoms with E-state index in [2.05, 4.69) is 20.8 Å². The molecule has 150 valence electrons. The summed E-state index contributed by atoms with van der Waals surface area (Å²) < 4.78 is 1.99. The lowest BCUT2D eigenvalue weighted by Gasteiger charge is -2.11. The van der Waals surface area contributed by atoms with Crippen molar-refractivity contribution < 1.29 is 9.59 Å². The van der Waals surface area contributed by atoms with Gasteiger partial charge in [-0.2, -0.15) is 0 Å². The molecule has 1 aromatic heterocycles. The van der Waals surface area contributed by atoms with E-state index in [0.717, 1.165) is 17.0 Å². The number of benzene rings is 2. The van der Waals surface area contributed by atoms with Gasteiger partial charge in [-0.3, -0.25) is 9.59 Å². The largest absolute Gasteiger partial charge is 0.355 e. The van der Waals surface area contributed by atoms with Crippen LogP contribution >= 0.6 is 11.8 Å². The van der Waals surface area contributed by atoms with Crippen LogP contribution in [0.25, 0.3) is 0 Å². The maximum Gasteiger partial charge on any atom is 0.251 e. The van der Waals surface area contributed by atoms with Crippen LogP contribution in [0.2, 0.25) is 0 Å². The SMILES string of the molecule is CNC(=O)c1ccc(C)c(NC(=O)CSc2nnc(C)n2Cc2ccccc2)c1. The van der Waals surface area contributed by atoms with Crippen LogP contribution in [0.3, 0.4) is 0 Å². The molecular weight excluding hydrogens is 386 g/mol. The molecule has 0 aliphatic carbocycles. The Kier molecular flexibility index (Phi) is 6.66. The van der Waals surface area contributed by atoms with Crippen molar-refractivity contribution in [2.75, 3.05) is 18.1 Å². The highest BCUT2D eigenvalue weighted by Gasteiger charge is 2.14. The van der Waals surface area contributed by atoms with Gasteiger partial charge in [0.05, 0.1) is 12.3 Å². The maximum absolute atomic E-state index is 12.5. The third-order valence-corrected chi connectivity index (χ3v) is 5.39. The van der Waals surface area contributed by atoms with Crippen molar-refractivity contribution in [2.24, 2.45) is 0 Å². The molecule has 0 unspecified atom stereocenters. The van der Waals surface area contributed by atoms with Crippen LogP contribution in [0.1, 0.15) is 27.3 Å². The summed E-state index contributed by atoms with van der Waals surface area (Å²) in [5.41, 5.74) is 3.15. The molecule has 3 aromatic rings. The van der Waals surface area contributed by atoms with E-state index in [1.54, 1.807) is 19.2 Å². The van der Waals surface area contributed by atoms with Crippen molar-refractivity contribution in [3.05, 3.63) is 71.0 Å². The molecule has 0 aliphatic rings. The molecule has 2 amide bonds. The Hall–Kier alpha value is -3.13. The van der Waals surface area contributed by atoms with Crippen molar-refractivity contribution in [1.82, 2.24) is 20.1 Å². The smallest absolute Gasteiger partial charge is 0.251 e. The molecule has 0 radical (unpaired) electrons. The van der Waals surface area contributed by atoms with E-state index < -0.39 is 0 Å². The second-order valence-corrected chi connectivity index (χ2v) is 7.49. The number of rotatable bonds is 7. The van der Waals surface area contributed by atoms with Crippen molar-refractivity contribution in [3.63, 3.8) is 0 Å². The lowest BCUT2D eigenvalue weighted by molar-refractivity contribution is -0.113. The molecule has 0 aliphatic heterocycles. The number of carbonyl (C=O) groups is 2. The minimum atomic E-state index is -0.195. The molecule has 8 heteroatoms. The normalized spacial score (nSPS) is 10.6. The number of aryl methyl sites for hydroxylation is 2. The quantitative estimate of drug-likeness (QED) is 0.586. The van der Waals surface area contributed by atoms with Gasteiger partial charge in [-0.25, -0.2) is 0 Å². The van der Waals surface area contributed by atoms with E-state index in [1.165, 1.54) is 11.8 Å². The van der Waals surface area contributed by atoms with Gasteiger partial charge in [0.2, 0.25) is 5.91 Å². The number of thioether (sulfide) groups is 1. The number of nitrogens with one attached hydrogen (secondary N) is 2. The van der Waals surface area contributed by atoms with Crippen LogP contribution in [0, 0.1) is 13.8 Å². The average Bonchev–Trinajstić information content (AvgIpc) is 3.07. The first-order valence-electron chi connectivity index (χ1n) is 9.17. The topological polar surface area (TPSA) is 88.9 Å². The highest BCUT2D eigenvalue weighted by atomic mass is 32.2. The van der Waals surface area contributed by atoms with E-state index in [0.29, 0.717) is 23.0 Å². The molecule has 0 saturated carbocycles. The van der Waals surface area contributed by atoms with Gasteiger partial charge in [0.15, 0.2) is 5.16 Å². The molecule has 7 nitrogen and oxygen atoms in total. The first kappa shape index (κ1) is 20.6. The summed E-state index contributed by atoms with van der Waals surface area (Å²) in [5.74, 6) is 0.626. The highest BCUT2D eigenvalue weighted by molar-refractivity contribution is 7.99. The highest BCUT2D eigenvalue weighted by Crippen LogP contribution is 2.21. The fourth-order valence-electron chi connectivity index (χ4n) is 2.77. The molecule has 29 heavy (non-hydrogen) atoms. The van der Waals surface area contributed by atoms with Crippen molar-refractivity contribution >= 4 is 29.3 Å². The van der Waals surface area contributed by atoms with Crippen LogP contribution in [0.5, 0.6) is 0 Å². The maximum atomic E-state index is 12.5. The number of nitrogens with zero attached hydrogens (tertiary/aromatic N) is 3. The molecule has 0 bridgehead atoms. The summed E-state index contributed by atoms with van der Waals surface area (Å²) in [7, 11) is 1.57. The third kappa shape index (κ3) is 5.23. The first-order valence-corrected chi connectivity index (χ1v) is 10.2. The summed E-state index contributed by atoms with van der Waals surface area (Å²) in [6.45, 7) is 4.43. The number of carbonyl (C=O) groups excluding carboxylic acids is 2. The summed E-state index contributed by atoms with van der Waals surface area (Å²) in [6.07, 6.45) is 0. The summed E-state index contributed by atoms with van der Waals surface area (Å²) in [6, 6.07) is 15.3. The predicted molar refractivity (Wildman–Crippen MR) is 114 cm³/mol. The van der Waals surface area contributed by atoms with Crippen LogP contribution in [0.15, 0.2) is 53.7 Å². The molecule has 0 saturated heterocycles. The third-order valence-electron chi connectivity index (χ3n) is 4.42. The Morgan fingerprint density at radius 3 is 2.55 bits per heavy atom. The summed E-state index contributed by atoms with van der Waals surface area (Å²) >= 11 is 1.33. The van der Waals surface area contributed by atoms with Gasteiger partial charge in [0.1, 0.15) is 5.82 Å². The Bertz CT molecular complexity index is 1020. The monoisotopic (exact) mass is 409 g/mol. The predicted octanol–water partition coefficient (Wildman–Crippen LogP) is 3.03. The Labute approximate surface area is 173 Å². The standard InChI is InChI=1S/C21H23N5O2S/c1-14-9-10-17(20(28)22-3)11-18(14)23-19(27)13-29-21-25-24-15(2)26(21)12-16-7-5-4-6-8-16/h4-11H,12-13H2,1-3H3,(H,22,28)(H,23,27). The van der Waals surface area contributed by atoms with E-state index in [9.17, 15) is 9.59 Å². The van der Waals surface area contributed by atoms with Gasteiger partial charge in [-0.1, -0.05) is 48.2 Å². The van der Waals surface area contributed by atoms with Crippen LogP contribution < -0.4 is 10.6 Å². The zero-order valence-corrected chi connectivity index (χ0v) is 17.4. The molecule has 0 fully saturated rings. The molecule has 1 heterocycles.